The minimum Gasteiger partial charge on any atom is -0.389 e. The van der Waals surface area contributed by atoms with E-state index in [0.717, 1.165) is 30.8 Å². The Bertz CT molecular complexity index is 355. The van der Waals surface area contributed by atoms with Gasteiger partial charge in [-0.1, -0.05) is 24.4 Å². The van der Waals surface area contributed by atoms with Crippen LogP contribution in [0.5, 0.6) is 0 Å². The Balaban J connectivity index is 2.64. The number of hydrogen-bond acceptors (Lipinski definition) is 3. The van der Waals surface area contributed by atoms with Crippen LogP contribution in [0.2, 0.25) is 0 Å². The SMILES string of the molecule is COCCCN(C)c1cccc(C(N)=S)c1. The van der Waals surface area contributed by atoms with Crippen LogP contribution in [0.4, 0.5) is 5.69 Å². The number of ether oxygens (including phenoxy) is 1. The molecule has 0 unspecified atom stereocenters. The van der Waals surface area contributed by atoms with E-state index in [1.807, 2.05) is 25.2 Å². The minimum absolute atomic E-state index is 0.437. The van der Waals surface area contributed by atoms with Gasteiger partial charge in [-0.25, -0.2) is 0 Å². The van der Waals surface area contributed by atoms with Gasteiger partial charge in [0.15, 0.2) is 0 Å². The van der Waals surface area contributed by atoms with Crippen molar-refractivity contribution in [2.75, 3.05) is 32.2 Å². The number of nitrogens with zero attached hydrogens (tertiary/aromatic N) is 1. The van der Waals surface area contributed by atoms with Crippen LogP contribution in [0.25, 0.3) is 0 Å². The van der Waals surface area contributed by atoms with Gasteiger partial charge >= 0.3 is 0 Å². The first-order valence-electron chi connectivity index (χ1n) is 5.25. The van der Waals surface area contributed by atoms with Crippen molar-refractivity contribution in [3.8, 4) is 0 Å². The molecule has 0 heterocycles. The van der Waals surface area contributed by atoms with Crippen molar-refractivity contribution in [1.82, 2.24) is 0 Å². The Morgan fingerprint density at radius 2 is 2.25 bits per heavy atom. The monoisotopic (exact) mass is 238 g/mol. The summed E-state index contributed by atoms with van der Waals surface area (Å²) in [4.78, 5) is 2.60. The lowest BCUT2D eigenvalue weighted by atomic mass is 10.2. The van der Waals surface area contributed by atoms with Crippen LogP contribution in [0.3, 0.4) is 0 Å². The molecule has 0 bridgehead atoms. The van der Waals surface area contributed by atoms with E-state index in [9.17, 15) is 0 Å². The summed E-state index contributed by atoms with van der Waals surface area (Å²) in [7, 11) is 3.77. The molecule has 0 aliphatic carbocycles. The summed E-state index contributed by atoms with van der Waals surface area (Å²) in [5.74, 6) is 0. The average molecular weight is 238 g/mol. The quantitative estimate of drug-likeness (QED) is 0.606. The van der Waals surface area contributed by atoms with E-state index in [1.165, 1.54) is 0 Å². The second kappa shape index (κ2) is 6.45. The molecule has 1 aromatic rings. The highest BCUT2D eigenvalue weighted by Crippen LogP contribution is 2.14. The largest absolute Gasteiger partial charge is 0.389 e. The maximum Gasteiger partial charge on any atom is 0.104 e. The van der Waals surface area contributed by atoms with Gasteiger partial charge in [0.05, 0.1) is 0 Å². The maximum absolute atomic E-state index is 5.60. The summed E-state index contributed by atoms with van der Waals surface area (Å²) < 4.78 is 5.02. The van der Waals surface area contributed by atoms with Crippen molar-refractivity contribution in [3.05, 3.63) is 29.8 Å². The number of methoxy groups -OCH3 is 1. The van der Waals surface area contributed by atoms with Gasteiger partial charge < -0.3 is 15.4 Å². The lowest BCUT2D eigenvalue weighted by Crippen LogP contribution is -2.20. The lowest BCUT2D eigenvalue weighted by molar-refractivity contribution is 0.196. The first-order chi connectivity index (χ1) is 7.65. The van der Waals surface area contributed by atoms with E-state index in [-0.39, 0.29) is 0 Å². The molecule has 88 valence electrons. The van der Waals surface area contributed by atoms with Crippen molar-refractivity contribution >= 4 is 22.9 Å². The zero-order valence-electron chi connectivity index (χ0n) is 9.77. The Labute approximate surface area is 102 Å². The zero-order valence-corrected chi connectivity index (χ0v) is 10.6. The predicted molar refractivity (Wildman–Crippen MR) is 72.1 cm³/mol. The third-order valence-electron chi connectivity index (χ3n) is 2.41. The predicted octanol–water partition coefficient (Wildman–Crippen LogP) is 1.79. The van der Waals surface area contributed by atoms with Crippen LogP contribution >= 0.6 is 12.2 Å². The van der Waals surface area contributed by atoms with E-state index in [1.54, 1.807) is 7.11 Å². The van der Waals surface area contributed by atoms with Gasteiger partial charge in [-0.15, -0.1) is 0 Å². The normalized spacial score (nSPS) is 10.1. The number of thiocarbonyl (C=S) groups is 1. The number of nitrogens with two attached hydrogens (primary N) is 1. The van der Waals surface area contributed by atoms with Gasteiger partial charge in [0, 0.05) is 38.6 Å². The van der Waals surface area contributed by atoms with Gasteiger partial charge in [-0.2, -0.15) is 0 Å². The molecular weight excluding hydrogens is 220 g/mol. The summed E-state index contributed by atoms with van der Waals surface area (Å²) in [6, 6.07) is 7.95. The van der Waals surface area contributed by atoms with Crippen molar-refractivity contribution in [2.24, 2.45) is 5.73 Å². The maximum atomic E-state index is 5.60. The van der Waals surface area contributed by atoms with Gasteiger partial charge in [0.25, 0.3) is 0 Å². The fourth-order valence-corrected chi connectivity index (χ4v) is 1.60. The number of anilines is 1. The molecule has 0 atom stereocenters. The first-order valence-corrected chi connectivity index (χ1v) is 5.66. The van der Waals surface area contributed by atoms with Gasteiger partial charge in [0.2, 0.25) is 0 Å². The Hall–Kier alpha value is -1.13. The topological polar surface area (TPSA) is 38.5 Å². The third kappa shape index (κ3) is 3.79. The van der Waals surface area contributed by atoms with Crippen LogP contribution < -0.4 is 10.6 Å². The van der Waals surface area contributed by atoms with Crippen molar-refractivity contribution < 1.29 is 4.74 Å². The van der Waals surface area contributed by atoms with E-state index in [0.29, 0.717) is 4.99 Å². The van der Waals surface area contributed by atoms with Crippen molar-refractivity contribution in [3.63, 3.8) is 0 Å². The molecule has 0 fully saturated rings. The zero-order chi connectivity index (χ0) is 12.0. The molecule has 0 radical (unpaired) electrons. The molecule has 0 saturated carbocycles. The fraction of sp³-hybridized carbons (Fsp3) is 0.417. The fourth-order valence-electron chi connectivity index (χ4n) is 1.47. The molecule has 0 amide bonds. The average Bonchev–Trinajstić information content (AvgIpc) is 2.29. The van der Waals surface area contributed by atoms with Crippen molar-refractivity contribution in [2.45, 2.75) is 6.42 Å². The third-order valence-corrected chi connectivity index (χ3v) is 2.65. The van der Waals surface area contributed by atoms with Crippen LogP contribution in [-0.4, -0.2) is 32.3 Å². The summed E-state index contributed by atoms with van der Waals surface area (Å²) in [6.07, 6.45) is 1.00. The van der Waals surface area contributed by atoms with Crippen molar-refractivity contribution in [1.29, 1.82) is 0 Å². The van der Waals surface area contributed by atoms with Crippen LogP contribution in [0.15, 0.2) is 24.3 Å². The van der Waals surface area contributed by atoms with Crippen LogP contribution in [0.1, 0.15) is 12.0 Å². The highest BCUT2D eigenvalue weighted by Gasteiger charge is 2.02. The molecule has 4 heteroatoms. The van der Waals surface area contributed by atoms with E-state index >= 15 is 0 Å². The van der Waals surface area contributed by atoms with Crippen LogP contribution in [-0.2, 0) is 4.74 Å². The molecule has 16 heavy (non-hydrogen) atoms. The second-order valence-corrected chi connectivity index (χ2v) is 4.12. The summed E-state index contributed by atoms with van der Waals surface area (Å²) in [5, 5.41) is 0. The Morgan fingerprint density at radius 1 is 1.50 bits per heavy atom. The summed E-state index contributed by atoms with van der Waals surface area (Å²) in [6.45, 7) is 1.73. The molecule has 0 spiro atoms. The van der Waals surface area contributed by atoms with Gasteiger partial charge in [-0.05, 0) is 18.6 Å². The van der Waals surface area contributed by atoms with Gasteiger partial charge in [-0.3, -0.25) is 0 Å². The number of hydrogen-bond donors (Lipinski definition) is 1. The Kier molecular flexibility index (Phi) is 5.22. The standard InChI is InChI=1S/C12H18N2OS/c1-14(7-4-8-15-2)11-6-3-5-10(9-11)12(13)16/h3,5-6,9H,4,7-8H2,1-2H3,(H2,13,16). The van der Waals surface area contributed by atoms with Crippen LogP contribution in [0, 0.1) is 0 Å². The van der Waals surface area contributed by atoms with E-state index in [4.69, 9.17) is 22.7 Å². The minimum atomic E-state index is 0.437. The highest BCUT2D eigenvalue weighted by molar-refractivity contribution is 7.80. The Morgan fingerprint density at radius 3 is 2.88 bits per heavy atom. The molecule has 1 rings (SSSR count). The van der Waals surface area contributed by atoms with Gasteiger partial charge in [0.1, 0.15) is 4.99 Å². The molecule has 0 saturated heterocycles. The molecule has 0 aliphatic rings. The molecule has 0 aromatic heterocycles. The lowest BCUT2D eigenvalue weighted by Gasteiger charge is -2.19. The first kappa shape index (κ1) is 12.9. The molecule has 0 aliphatic heterocycles. The summed E-state index contributed by atoms with van der Waals surface area (Å²) in [5.41, 5.74) is 7.63. The smallest absolute Gasteiger partial charge is 0.104 e. The number of benzene rings is 1. The van der Waals surface area contributed by atoms with E-state index in [2.05, 4.69) is 11.0 Å². The summed E-state index contributed by atoms with van der Waals surface area (Å²) >= 11 is 4.95. The molecule has 1 aromatic carbocycles. The second-order valence-electron chi connectivity index (χ2n) is 3.68. The molecule has 2 N–H and O–H groups in total. The highest BCUT2D eigenvalue weighted by atomic mass is 32.1. The molecule has 3 nitrogen and oxygen atoms in total. The molecular formula is C12H18N2OS. The number of rotatable bonds is 6. The van der Waals surface area contributed by atoms with E-state index < -0.39 is 0 Å².